The van der Waals surface area contributed by atoms with Gasteiger partial charge in [-0.1, -0.05) is 11.6 Å². The first-order valence-corrected chi connectivity index (χ1v) is 6.91. The number of methoxy groups -OCH3 is 1. The third kappa shape index (κ3) is 3.15. The summed E-state index contributed by atoms with van der Waals surface area (Å²) in [6.07, 6.45) is 0.962. The molecule has 1 fully saturated rings. The van der Waals surface area contributed by atoms with E-state index in [4.69, 9.17) is 21.1 Å². The molecule has 1 heterocycles. The van der Waals surface area contributed by atoms with Crippen LogP contribution in [-0.2, 0) is 4.74 Å². The molecule has 0 spiro atoms. The van der Waals surface area contributed by atoms with Gasteiger partial charge in [-0.05, 0) is 52.3 Å². The van der Waals surface area contributed by atoms with Crippen molar-refractivity contribution in [3.8, 4) is 5.75 Å². The van der Waals surface area contributed by atoms with Crippen molar-refractivity contribution in [1.29, 1.82) is 0 Å². The van der Waals surface area contributed by atoms with Gasteiger partial charge in [0, 0.05) is 5.69 Å². The second-order valence-electron chi connectivity index (χ2n) is 6.22. The summed E-state index contributed by atoms with van der Waals surface area (Å²) < 4.78 is 11.2. The molecule has 0 radical (unpaired) electrons. The van der Waals surface area contributed by atoms with Crippen molar-refractivity contribution in [2.24, 2.45) is 0 Å². The monoisotopic (exact) mass is 283 g/mol. The second kappa shape index (κ2) is 4.88. The van der Waals surface area contributed by atoms with E-state index < -0.39 is 0 Å². The quantitative estimate of drug-likeness (QED) is 0.906. The van der Waals surface area contributed by atoms with Crippen LogP contribution in [0.3, 0.4) is 0 Å². The maximum atomic E-state index is 6.15. The maximum Gasteiger partial charge on any atom is 0.137 e. The fraction of sp³-hybridized carbons (Fsp3) is 0.600. The fourth-order valence-corrected chi connectivity index (χ4v) is 3.00. The van der Waals surface area contributed by atoms with Gasteiger partial charge in [0.2, 0.25) is 0 Å². The molecule has 0 amide bonds. The molecular formula is C15H22ClNO2. The topological polar surface area (TPSA) is 30.5 Å². The lowest BCUT2D eigenvalue weighted by molar-refractivity contribution is -0.0662. The van der Waals surface area contributed by atoms with Crippen LogP contribution in [-0.4, -0.2) is 24.4 Å². The van der Waals surface area contributed by atoms with Crippen LogP contribution in [0.1, 0.15) is 34.1 Å². The van der Waals surface area contributed by atoms with Gasteiger partial charge in [0.05, 0.1) is 29.4 Å². The minimum atomic E-state index is -0.199. The molecule has 1 aromatic rings. The highest BCUT2D eigenvalue weighted by molar-refractivity contribution is 6.32. The van der Waals surface area contributed by atoms with Gasteiger partial charge in [0.15, 0.2) is 0 Å². The van der Waals surface area contributed by atoms with Crippen molar-refractivity contribution in [3.05, 3.63) is 23.2 Å². The molecule has 1 unspecified atom stereocenters. The van der Waals surface area contributed by atoms with Crippen LogP contribution >= 0.6 is 11.6 Å². The minimum absolute atomic E-state index is 0.0998. The molecular weight excluding hydrogens is 262 g/mol. The first-order valence-electron chi connectivity index (χ1n) is 6.54. The summed E-state index contributed by atoms with van der Waals surface area (Å²) in [6, 6.07) is 6.00. The predicted octanol–water partition coefficient (Wildman–Crippen LogP) is 4.11. The van der Waals surface area contributed by atoms with Gasteiger partial charge in [-0.2, -0.15) is 0 Å². The average Bonchev–Trinajstić information content (AvgIpc) is 2.47. The Morgan fingerprint density at radius 3 is 2.47 bits per heavy atom. The zero-order valence-corrected chi connectivity index (χ0v) is 13.0. The van der Waals surface area contributed by atoms with Crippen LogP contribution in [0.25, 0.3) is 0 Å². The van der Waals surface area contributed by atoms with Crippen LogP contribution in [0.5, 0.6) is 5.75 Å². The van der Waals surface area contributed by atoms with Gasteiger partial charge in [-0.25, -0.2) is 0 Å². The van der Waals surface area contributed by atoms with E-state index in [0.29, 0.717) is 10.8 Å². The van der Waals surface area contributed by atoms with E-state index in [9.17, 15) is 0 Å². The summed E-state index contributed by atoms with van der Waals surface area (Å²) in [7, 11) is 1.62. The molecule has 2 rings (SSSR count). The van der Waals surface area contributed by atoms with Crippen molar-refractivity contribution in [1.82, 2.24) is 0 Å². The van der Waals surface area contributed by atoms with Crippen LogP contribution in [0, 0.1) is 0 Å². The van der Waals surface area contributed by atoms with E-state index in [1.165, 1.54) is 0 Å². The van der Waals surface area contributed by atoms with Crippen molar-refractivity contribution in [2.75, 3.05) is 12.4 Å². The summed E-state index contributed by atoms with van der Waals surface area (Å²) >= 11 is 6.15. The first-order chi connectivity index (χ1) is 8.73. The molecule has 106 valence electrons. The summed E-state index contributed by atoms with van der Waals surface area (Å²) in [5.41, 5.74) is 0.693. The third-order valence-corrected chi connectivity index (χ3v) is 3.86. The van der Waals surface area contributed by atoms with Gasteiger partial charge in [-0.15, -0.1) is 0 Å². The van der Waals surface area contributed by atoms with E-state index >= 15 is 0 Å². The van der Waals surface area contributed by atoms with Gasteiger partial charge < -0.3 is 14.8 Å². The number of ether oxygens (including phenoxy) is 2. The molecule has 1 aromatic carbocycles. The standard InChI is InChI=1S/C15H22ClNO2/c1-14(2)9-13(15(3,4)19-14)17-10-6-7-12(18-5)11(16)8-10/h6-8,13,17H,9H2,1-5H3. The van der Waals surface area contributed by atoms with Crippen molar-refractivity contribution >= 4 is 17.3 Å². The van der Waals surface area contributed by atoms with Crippen molar-refractivity contribution < 1.29 is 9.47 Å². The Labute approximate surface area is 120 Å². The second-order valence-corrected chi connectivity index (χ2v) is 6.62. The van der Waals surface area contributed by atoms with E-state index in [2.05, 4.69) is 33.0 Å². The Balaban J connectivity index is 2.15. The Morgan fingerprint density at radius 1 is 1.32 bits per heavy atom. The number of anilines is 1. The Hall–Kier alpha value is -0.930. The van der Waals surface area contributed by atoms with Gasteiger partial charge in [0.1, 0.15) is 5.75 Å². The van der Waals surface area contributed by atoms with Crippen LogP contribution in [0.15, 0.2) is 18.2 Å². The smallest absolute Gasteiger partial charge is 0.137 e. The summed E-state index contributed by atoms with van der Waals surface area (Å²) in [5, 5.41) is 4.13. The Kier molecular flexibility index (Phi) is 3.72. The van der Waals surface area contributed by atoms with Crippen LogP contribution < -0.4 is 10.1 Å². The van der Waals surface area contributed by atoms with E-state index in [-0.39, 0.29) is 17.2 Å². The molecule has 1 aliphatic rings. The molecule has 0 aromatic heterocycles. The van der Waals surface area contributed by atoms with Crippen LogP contribution in [0.4, 0.5) is 5.69 Å². The molecule has 0 bridgehead atoms. The summed E-state index contributed by atoms with van der Waals surface area (Å²) in [5.74, 6) is 0.689. The molecule has 0 saturated carbocycles. The number of nitrogens with one attached hydrogen (secondary N) is 1. The Morgan fingerprint density at radius 2 is 2.00 bits per heavy atom. The fourth-order valence-electron chi connectivity index (χ4n) is 2.74. The molecule has 0 aliphatic carbocycles. The molecule has 1 atom stereocenters. The summed E-state index contributed by atoms with van der Waals surface area (Å²) in [6.45, 7) is 8.48. The first kappa shape index (κ1) is 14.5. The summed E-state index contributed by atoms with van der Waals surface area (Å²) in [4.78, 5) is 0. The average molecular weight is 284 g/mol. The van der Waals surface area contributed by atoms with E-state index in [1.807, 2.05) is 18.2 Å². The molecule has 1 N–H and O–H groups in total. The molecule has 1 aliphatic heterocycles. The van der Waals surface area contributed by atoms with Crippen LogP contribution in [0.2, 0.25) is 5.02 Å². The normalized spacial score (nSPS) is 24.2. The van der Waals surface area contributed by atoms with Gasteiger partial charge >= 0.3 is 0 Å². The molecule has 4 heteroatoms. The highest BCUT2D eigenvalue weighted by atomic mass is 35.5. The molecule has 19 heavy (non-hydrogen) atoms. The highest BCUT2D eigenvalue weighted by Crippen LogP contribution is 2.39. The largest absolute Gasteiger partial charge is 0.495 e. The van der Waals surface area contributed by atoms with E-state index in [1.54, 1.807) is 7.11 Å². The predicted molar refractivity (Wildman–Crippen MR) is 79.3 cm³/mol. The number of benzene rings is 1. The van der Waals surface area contributed by atoms with Crippen molar-refractivity contribution in [3.63, 3.8) is 0 Å². The minimum Gasteiger partial charge on any atom is -0.495 e. The molecule has 3 nitrogen and oxygen atoms in total. The maximum absolute atomic E-state index is 6.15. The highest BCUT2D eigenvalue weighted by Gasteiger charge is 2.45. The third-order valence-electron chi connectivity index (χ3n) is 3.57. The van der Waals surface area contributed by atoms with Gasteiger partial charge in [-0.3, -0.25) is 0 Å². The SMILES string of the molecule is COc1ccc(NC2CC(C)(C)OC2(C)C)cc1Cl. The number of hydrogen-bond acceptors (Lipinski definition) is 3. The lowest BCUT2D eigenvalue weighted by Gasteiger charge is -2.28. The number of hydrogen-bond donors (Lipinski definition) is 1. The van der Waals surface area contributed by atoms with Gasteiger partial charge in [0.25, 0.3) is 0 Å². The zero-order chi connectivity index (χ0) is 14.3. The zero-order valence-electron chi connectivity index (χ0n) is 12.2. The number of halogens is 1. The lowest BCUT2D eigenvalue weighted by Crippen LogP contribution is -2.38. The number of rotatable bonds is 3. The molecule has 1 saturated heterocycles. The lowest BCUT2D eigenvalue weighted by atomic mass is 9.94. The van der Waals surface area contributed by atoms with Crippen molar-refractivity contribution in [2.45, 2.75) is 51.4 Å². The van der Waals surface area contributed by atoms with E-state index in [0.717, 1.165) is 12.1 Å². The Bertz CT molecular complexity index is 471.